The van der Waals surface area contributed by atoms with Crippen molar-refractivity contribution < 1.29 is 27.9 Å². The standard InChI is InChI=1S/C12H17F3N2O3/c13-12(14,15)9(18)16-5-7-17(8-6-16)11(10(19)20)3-1-2-4-11/h1-8H2,(H,19,20). The predicted molar refractivity (Wildman–Crippen MR) is 63.0 cm³/mol. The summed E-state index contributed by atoms with van der Waals surface area (Å²) in [5.41, 5.74) is -0.951. The van der Waals surface area contributed by atoms with Gasteiger partial charge in [-0.3, -0.25) is 14.5 Å². The molecule has 2 aliphatic rings. The van der Waals surface area contributed by atoms with Crippen molar-refractivity contribution in [3.8, 4) is 0 Å². The Bertz CT molecular complexity index is 397. The van der Waals surface area contributed by atoms with Crippen LogP contribution in [-0.2, 0) is 9.59 Å². The highest BCUT2D eigenvalue weighted by Gasteiger charge is 2.49. The van der Waals surface area contributed by atoms with Crippen LogP contribution in [0.4, 0.5) is 13.2 Å². The average molecular weight is 294 g/mol. The second-order valence-corrected chi connectivity index (χ2v) is 5.32. The van der Waals surface area contributed by atoms with E-state index in [1.807, 2.05) is 0 Å². The van der Waals surface area contributed by atoms with Crippen molar-refractivity contribution in [3.05, 3.63) is 0 Å². The zero-order valence-corrected chi connectivity index (χ0v) is 10.9. The van der Waals surface area contributed by atoms with Gasteiger partial charge in [0.15, 0.2) is 0 Å². The Morgan fingerprint density at radius 2 is 1.50 bits per heavy atom. The van der Waals surface area contributed by atoms with Crippen LogP contribution in [0.1, 0.15) is 25.7 Å². The molecule has 1 N–H and O–H groups in total. The molecule has 114 valence electrons. The van der Waals surface area contributed by atoms with E-state index in [1.54, 1.807) is 4.90 Å². The SMILES string of the molecule is O=C(N1CCN(C2(C(=O)O)CCCC2)CC1)C(F)(F)F. The fraction of sp³-hybridized carbons (Fsp3) is 0.833. The lowest BCUT2D eigenvalue weighted by Gasteiger charge is -2.43. The Kier molecular flexibility index (Phi) is 3.95. The molecule has 1 amide bonds. The van der Waals surface area contributed by atoms with Crippen molar-refractivity contribution in [3.63, 3.8) is 0 Å². The van der Waals surface area contributed by atoms with Crippen molar-refractivity contribution >= 4 is 11.9 Å². The molecule has 20 heavy (non-hydrogen) atoms. The first kappa shape index (κ1) is 15.1. The van der Waals surface area contributed by atoms with Gasteiger partial charge >= 0.3 is 18.1 Å². The summed E-state index contributed by atoms with van der Waals surface area (Å²) in [5.74, 6) is -2.75. The molecule has 0 aromatic rings. The second-order valence-electron chi connectivity index (χ2n) is 5.32. The molecule has 5 nitrogen and oxygen atoms in total. The minimum Gasteiger partial charge on any atom is -0.480 e. The fourth-order valence-corrected chi connectivity index (χ4v) is 3.14. The molecule has 1 heterocycles. The molecular weight excluding hydrogens is 277 g/mol. The molecule has 1 saturated carbocycles. The number of amides is 1. The van der Waals surface area contributed by atoms with Gasteiger partial charge in [0.05, 0.1) is 0 Å². The Morgan fingerprint density at radius 1 is 1.00 bits per heavy atom. The minimum atomic E-state index is -4.86. The number of aliphatic carboxylic acids is 1. The lowest BCUT2D eigenvalue weighted by atomic mass is 9.94. The highest BCUT2D eigenvalue weighted by atomic mass is 19.4. The highest BCUT2D eigenvalue weighted by molar-refractivity contribution is 5.82. The summed E-state index contributed by atoms with van der Waals surface area (Å²) >= 11 is 0. The van der Waals surface area contributed by atoms with Crippen LogP contribution in [0.2, 0.25) is 0 Å². The maximum absolute atomic E-state index is 12.3. The quantitative estimate of drug-likeness (QED) is 0.828. The summed E-state index contributed by atoms with van der Waals surface area (Å²) in [4.78, 5) is 25.1. The molecule has 0 aromatic carbocycles. The molecule has 0 radical (unpaired) electrons. The van der Waals surface area contributed by atoms with Gasteiger partial charge in [-0.15, -0.1) is 0 Å². The number of hydrogen-bond acceptors (Lipinski definition) is 3. The van der Waals surface area contributed by atoms with Crippen molar-refractivity contribution in [2.45, 2.75) is 37.4 Å². The van der Waals surface area contributed by atoms with Crippen molar-refractivity contribution in [1.82, 2.24) is 9.80 Å². The van der Waals surface area contributed by atoms with Gasteiger partial charge in [0.25, 0.3) is 0 Å². The number of hydrogen-bond donors (Lipinski definition) is 1. The first-order valence-corrected chi connectivity index (χ1v) is 6.62. The van der Waals surface area contributed by atoms with Gasteiger partial charge in [-0.2, -0.15) is 13.2 Å². The third-order valence-corrected chi connectivity index (χ3v) is 4.24. The van der Waals surface area contributed by atoms with E-state index in [1.165, 1.54) is 0 Å². The predicted octanol–water partition coefficient (Wildman–Crippen LogP) is 1.09. The monoisotopic (exact) mass is 294 g/mol. The maximum atomic E-state index is 12.3. The summed E-state index contributed by atoms with van der Waals surface area (Å²) in [6.45, 7) is 0.197. The third-order valence-electron chi connectivity index (χ3n) is 4.24. The number of nitrogens with zero attached hydrogens (tertiary/aromatic N) is 2. The van der Waals surface area contributed by atoms with Crippen LogP contribution in [0.5, 0.6) is 0 Å². The molecule has 1 aliphatic heterocycles. The molecule has 0 bridgehead atoms. The van der Waals surface area contributed by atoms with Crippen LogP contribution >= 0.6 is 0 Å². The summed E-state index contributed by atoms with van der Waals surface area (Å²) < 4.78 is 37.0. The van der Waals surface area contributed by atoms with Crippen LogP contribution in [0, 0.1) is 0 Å². The molecule has 0 atom stereocenters. The van der Waals surface area contributed by atoms with Gasteiger partial charge in [0, 0.05) is 26.2 Å². The van der Waals surface area contributed by atoms with Gasteiger partial charge in [0.2, 0.25) is 0 Å². The number of carbonyl (C=O) groups excluding carboxylic acids is 1. The third kappa shape index (κ3) is 2.61. The van der Waals surface area contributed by atoms with Crippen LogP contribution in [0.15, 0.2) is 0 Å². The van der Waals surface area contributed by atoms with E-state index in [4.69, 9.17) is 0 Å². The first-order chi connectivity index (χ1) is 9.27. The van der Waals surface area contributed by atoms with Gasteiger partial charge < -0.3 is 10.0 Å². The van der Waals surface area contributed by atoms with E-state index in [0.717, 1.165) is 17.7 Å². The second kappa shape index (κ2) is 5.23. The van der Waals surface area contributed by atoms with Gasteiger partial charge in [-0.05, 0) is 12.8 Å². The molecule has 0 unspecified atom stereocenters. The Labute approximate surface area is 114 Å². The summed E-state index contributed by atoms with van der Waals surface area (Å²) in [6.07, 6.45) is -2.19. The van der Waals surface area contributed by atoms with E-state index < -0.39 is 23.6 Å². The fourth-order valence-electron chi connectivity index (χ4n) is 3.14. The van der Waals surface area contributed by atoms with Crippen molar-refractivity contribution in [2.24, 2.45) is 0 Å². The molecule has 2 rings (SSSR count). The largest absolute Gasteiger partial charge is 0.480 e. The number of rotatable bonds is 2. The molecule has 0 spiro atoms. The Morgan fingerprint density at radius 3 is 1.90 bits per heavy atom. The summed E-state index contributed by atoms with van der Waals surface area (Å²) in [6, 6.07) is 0. The van der Waals surface area contributed by atoms with Crippen LogP contribution < -0.4 is 0 Å². The number of halogens is 3. The molecule has 2 fully saturated rings. The van der Waals surface area contributed by atoms with Gasteiger partial charge in [0.1, 0.15) is 5.54 Å². The van der Waals surface area contributed by atoms with E-state index in [-0.39, 0.29) is 26.2 Å². The highest BCUT2D eigenvalue weighted by Crippen LogP contribution is 2.36. The van der Waals surface area contributed by atoms with E-state index >= 15 is 0 Å². The molecule has 8 heteroatoms. The Balaban J connectivity index is 2.01. The summed E-state index contributed by atoms with van der Waals surface area (Å²) in [5, 5.41) is 9.42. The zero-order valence-electron chi connectivity index (χ0n) is 10.9. The number of carboxylic acid groups (broad SMARTS) is 1. The number of piperazine rings is 1. The number of carbonyl (C=O) groups is 2. The first-order valence-electron chi connectivity index (χ1n) is 6.62. The van der Waals surface area contributed by atoms with Gasteiger partial charge in [-0.1, -0.05) is 12.8 Å². The molecule has 1 aliphatic carbocycles. The summed E-state index contributed by atoms with van der Waals surface area (Å²) in [7, 11) is 0. The Hall–Kier alpha value is -1.31. The molecule has 1 saturated heterocycles. The van der Waals surface area contributed by atoms with Gasteiger partial charge in [-0.25, -0.2) is 0 Å². The molecular formula is C12H17F3N2O3. The topological polar surface area (TPSA) is 60.9 Å². The van der Waals surface area contributed by atoms with Crippen molar-refractivity contribution in [1.29, 1.82) is 0 Å². The van der Waals surface area contributed by atoms with E-state index in [9.17, 15) is 27.9 Å². The normalized spacial score (nSPS) is 23.9. The lowest BCUT2D eigenvalue weighted by Crippen LogP contribution is -2.61. The smallest absolute Gasteiger partial charge is 0.471 e. The van der Waals surface area contributed by atoms with Crippen molar-refractivity contribution in [2.75, 3.05) is 26.2 Å². The zero-order chi connectivity index (χ0) is 15.0. The maximum Gasteiger partial charge on any atom is 0.471 e. The minimum absolute atomic E-state index is 0.0760. The van der Waals surface area contributed by atoms with E-state index in [0.29, 0.717) is 12.8 Å². The van der Waals surface area contributed by atoms with Crippen LogP contribution in [0.25, 0.3) is 0 Å². The number of alkyl halides is 3. The van der Waals surface area contributed by atoms with Crippen LogP contribution in [0.3, 0.4) is 0 Å². The lowest BCUT2D eigenvalue weighted by molar-refractivity contribution is -0.188. The number of carboxylic acids is 1. The average Bonchev–Trinajstić information content (AvgIpc) is 2.87. The van der Waals surface area contributed by atoms with E-state index in [2.05, 4.69) is 0 Å². The molecule has 0 aromatic heterocycles. The van der Waals surface area contributed by atoms with Crippen LogP contribution in [-0.4, -0.2) is 64.7 Å².